The molecule has 2 heterocycles. The summed E-state index contributed by atoms with van der Waals surface area (Å²) in [6.45, 7) is 3.21. The summed E-state index contributed by atoms with van der Waals surface area (Å²) in [5, 5.41) is 16.3. The number of esters is 1. The smallest absolute Gasteiger partial charge is 0.306 e. The van der Waals surface area contributed by atoms with Crippen molar-refractivity contribution in [1.29, 1.82) is 5.26 Å². The van der Waals surface area contributed by atoms with Gasteiger partial charge in [0, 0.05) is 23.4 Å². The Morgan fingerprint density at radius 1 is 1.09 bits per heavy atom. The highest BCUT2D eigenvalue weighted by atomic mass is 16.5. The molecule has 1 N–H and O–H groups in total. The fourth-order valence-corrected chi connectivity index (χ4v) is 3.62. The number of hydrogen-bond acceptors (Lipinski definition) is 7. The van der Waals surface area contributed by atoms with E-state index in [0.29, 0.717) is 23.1 Å². The van der Waals surface area contributed by atoms with Crippen LogP contribution in [0.15, 0.2) is 65.2 Å². The molecule has 9 heteroatoms. The van der Waals surface area contributed by atoms with Gasteiger partial charge in [-0.1, -0.05) is 53.7 Å². The number of para-hydroxylation sites is 1. The highest BCUT2D eigenvalue weighted by Crippen LogP contribution is 2.29. The topological polar surface area (TPSA) is 123 Å². The minimum absolute atomic E-state index is 0.0221. The molecule has 4 rings (SSSR count). The predicted octanol–water partition coefficient (Wildman–Crippen LogP) is 4.13. The van der Waals surface area contributed by atoms with Gasteiger partial charge in [0.25, 0.3) is 5.91 Å². The summed E-state index contributed by atoms with van der Waals surface area (Å²) in [7, 11) is 0. The molecular weight excluding hydrogens is 446 g/mol. The van der Waals surface area contributed by atoms with Crippen molar-refractivity contribution in [3.63, 3.8) is 0 Å². The molecule has 0 saturated carbocycles. The first-order valence-electron chi connectivity index (χ1n) is 11.0. The second-order valence-corrected chi connectivity index (χ2v) is 7.80. The molecule has 0 radical (unpaired) electrons. The van der Waals surface area contributed by atoms with Gasteiger partial charge in [0.15, 0.2) is 6.61 Å². The number of hydrogen-bond donors (Lipinski definition) is 1. The van der Waals surface area contributed by atoms with Crippen LogP contribution in [-0.2, 0) is 20.7 Å². The molecule has 0 saturated heterocycles. The fourth-order valence-electron chi connectivity index (χ4n) is 3.62. The lowest BCUT2D eigenvalue weighted by molar-refractivity contribution is -0.147. The molecule has 0 atom stereocenters. The maximum absolute atomic E-state index is 12.6. The van der Waals surface area contributed by atoms with Crippen molar-refractivity contribution in [2.75, 3.05) is 11.9 Å². The van der Waals surface area contributed by atoms with Crippen molar-refractivity contribution < 1.29 is 18.8 Å². The normalized spacial score (nSPS) is 10.5. The molecular formula is C26H23N5O4. The van der Waals surface area contributed by atoms with E-state index in [9.17, 15) is 14.9 Å². The lowest BCUT2D eigenvalue weighted by Gasteiger charge is -2.13. The zero-order valence-electron chi connectivity index (χ0n) is 19.3. The Hall–Kier alpha value is -4.71. The lowest BCUT2D eigenvalue weighted by Crippen LogP contribution is -2.23. The maximum Gasteiger partial charge on any atom is 0.306 e. The Labute approximate surface area is 202 Å². The SMILES string of the molecule is Cc1c(C#N)c(NC(=O)COC(=O)CCc2nc(-c3ccccc3)no2)n(-c2ccccc2)c1C. The number of amides is 1. The van der Waals surface area contributed by atoms with Crippen LogP contribution in [0.3, 0.4) is 0 Å². The number of carbonyl (C=O) groups is 2. The Balaban J connectivity index is 1.35. The van der Waals surface area contributed by atoms with Crippen LogP contribution in [0, 0.1) is 25.2 Å². The second-order valence-electron chi connectivity index (χ2n) is 7.80. The second kappa shape index (κ2) is 10.5. The van der Waals surface area contributed by atoms with Crippen LogP contribution in [0.25, 0.3) is 17.1 Å². The molecule has 0 spiro atoms. The van der Waals surface area contributed by atoms with E-state index in [1.54, 1.807) is 4.57 Å². The van der Waals surface area contributed by atoms with Gasteiger partial charge in [0.2, 0.25) is 11.7 Å². The van der Waals surface area contributed by atoms with Crippen LogP contribution in [0.4, 0.5) is 5.82 Å². The molecule has 0 aliphatic carbocycles. The van der Waals surface area contributed by atoms with Crippen molar-refractivity contribution in [3.05, 3.63) is 83.4 Å². The first-order valence-corrected chi connectivity index (χ1v) is 11.0. The molecule has 4 aromatic rings. The van der Waals surface area contributed by atoms with Crippen LogP contribution < -0.4 is 5.32 Å². The van der Waals surface area contributed by atoms with E-state index in [1.165, 1.54) is 0 Å². The van der Waals surface area contributed by atoms with Crippen molar-refractivity contribution >= 4 is 17.7 Å². The van der Waals surface area contributed by atoms with Gasteiger partial charge in [-0.2, -0.15) is 10.2 Å². The minimum atomic E-state index is -0.578. The molecule has 0 bridgehead atoms. The average Bonchev–Trinajstić information content (AvgIpc) is 3.45. The Kier molecular flexibility index (Phi) is 7.02. The fraction of sp³-hybridized carbons (Fsp3) is 0.192. The summed E-state index contributed by atoms with van der Waals surface area (Å²) in [5.41, 5.74) is 3.56. The van der Waals surface area contributed by atoms with Crippen LogP contribution >= 0.6 is 0 Å². The largest absolute Gasteiger partial charge is 0.456 e. The van der Waals surface area contributed by atoms with Gasteiger partial charge in [-0.25, -0.2) is 0 Å². The van der Waals surface area contributed by atoms with E-state index >= 15 is 0 Å². The summed E-state index contributed by atoms with van der Waals surface area (Å²) in [5.74, 6) is -0.0436. The first kappa shape index (κ1) is 23.4. The number of nitrogens with zero attached hydrogens (tertiary/aromatic N) is 4. The van der Waals surface area contributed by atoms with Gasteiger partial charge in [0.05, 0.1) is 12.0 Å². The molecule has 0 unspecified atom stereocenters. The molecule has 2 aromatic heterocycles. The highest BCUT2D eigenvalue weighted by Gasteiger charge is 2.21. The molecule has 2 aromatic carbocycles. The summed E-state index contributed by atoms with van der Waals surface area (Å²) < 4.78 is 12.1. The third kappa shape index (κ3) is 5.28. The summed E-state index contributed by atoms with van der Waals surface area (Å²) in [6, 6.07) is 20.9. The van der Waals surface area contributed by atoms with E-state index in [-0.39, 0.29) is 12.8 Å². The standard InChI is InChI=1S/C26H23N5O4/c1-17-18(2)31(20-11-7-4-8-12-20)26(21(17)15-27)28-22(32)16-34-24(33)14-13-23-29-25(30-35-23)19-9-5-3-6-10-19/h3-12H,13-14,16H2,1-2H3,(H,28,32). The van der Waals surface area contributed by atoms with Crippen molar-refractivity contribution in [2.45, 2.75) is 26.7 Å². The molecule has 9 nitrogen and oxygen atoms in total. The van der Waals surface area contributed by atoms with Gasteiger partial charge in [0.1, 0.15) is 11.9 Å². The van der Waals surface area contributed by atoms with E-state index in [0.717, 1.165) is 22.5 Å². The monoisotopic (exact) mass is 469 g/mol. The number of ether oxygens (including phenoxy) is 1. The minimum Gasteiger partial charge on any atom is -0.456 e. The number of rotatable bonds is 8. The zero-order chi connectivity index (χ0) is 24.8. The summed E-state index contributed by atoms with van der Waals surface area (Å²) in [6.07, 6.45) is 0.167. The van der Waals surface area contributed by atoms with Gasteiger partial charge in [-0.05, 0) is 31.5 Å². The lowest BCUT2D eigenvalue weighted by atomic mass is 10.2. The van der Waals surface area contributed by atoms with Crippen LogP contribution in [-0.4, -0.2) is 33.2 Å². The van der Waals surface area contributed by atoms with E-state index in [4.69, 9.17) is 9.26 Å². The molecule has 0 fully saturated rings. The summed E-state index contributed by atoms with van der Waals surface area (Å²) >= 11 is 0. The van der Waals surface area contributed by atoms with Gasteiger partial charge in [-0.15, -0.1) is 0 Å². The third-order valence-electron chi connectivity index (χ3n) is 5.50. The Bertz CT molecular complexity index is 1380. The number of aromatic nitrogens is 3. The van der Waals surface area contributed by atoms with Gasteiger partial charge in [-0.3, -0.25) is 14.2 Å². The average molecular weight is 470 g/mol. The first-order chi connectivity index (χ1) is 17.0. The van der Waals surface area contributed by atoms with E-state index in [1.807, 2.05) is 74.5 Å². The number of anilines is 1. The van der Waals surface area contributed by atoms with Crippen molar-refractivity contribution in [2.24, 2.45) is 0 Å². The molecule has 0 aliphatic heterocycles. The van der Waals surface area contributed by atoms with Gasteiger partial charge >= 0.3 is 5.97 Å². The van der Waals surface area contributed by atoms with Crippen LogP contribution in [0.1, 0.15) is 29.1 Å². The molecule has 176 valence electrons. The number of benzene rings is 2. The Morgan fingerprint density at radius 2 is 1.77 bits per heavy atom. The third-order valence-corrected chi connectivity index (χ3v) is 5.50. The number of aryl methyl sites for hydroxylation is 1. The number of carbonyl (C=O) groups excluding carboxylic acids is 2. The molecule has 0 aliphatic rings. The number of nitriles is 1. The van der Waals surface area contributed by atoms with Crippen LogP contribution in [0.2, 0.25) is 0 Å². The molecule has 35 heavy (non-hydrogen) atoms. The Morgan fingerprint density at radius 3 is 2.46 bits per heavy atom. The predicted molar refractivity (Wildman–Crippen MR) is 128 cm³/mol. The maximum atomic E-state index is 12.6. The molecule has 1 amide bonds. The zero-order valence-corrected chi connectivity index (χ0v) is 19.3. The quantitative estimate of drug-likeness (QED) is 0.385. The van der Waals surface area contributed by atoms with E-state index < -0.39 is 18.5 Å². The van der Waals surface area contributed by atoms with Crippen molar-refractivity contribution in [1.82, 2.24) is 14.7 Å². The van der Waals surface area contributed by atoms with E-state index in [2.05, 4.69) is 21.5 Å². The van der Waals surface area contributed by atoms with Gasteiger partial charge < -0.3 is 14.6 Å². The van der Waals surface area contributed by atoms with Crippen molar-refractivity contribution in [3.8, 4) is 23.1 Å². The van der Waals surface area contributed by atoms with Crippen LogP contribution in [0.5, 0.6) is 0 Å². The highest BCUT2D eigenvalue weighted by molar-refractivity contribution is 5.94. The summed E-state index contributed by atoms with van der Waals surface area (Å²) in [4.78, 5) is 29.0. The number of nitrogens with one attached hydrogen (secondary N) is 1.